The number of esters is 1. The van der Waals surface area contributed by atoms with Crippen LogP contribution >= 0.6 is 0 Å². The highest BCUT2D eigenvalue weighted by Gasteiger charge is 2.21. The number of hydrogen-bond acceptors (Lipinski definition) is 2. The molecule has 2 nitrogen and oxygen atoms in total. The van der Waals surface area contributed by atoms with Gasteiger partial charge >= 0.3 is 5.97 Å². The molecular formula is C16H24O2. The summed E-state index contributed by atoms with van der Waals surface area (Å²) in [5, 5.41) is 0. The Morgan fingerprint density at radius 3 is 2.39 bits per heavy atom. The van der Waals surface area contributed by atoms with Crippen molar-refractivity contribution in [2.24, 2.45) is 11.8 Å². The lowest BCUT2D eigenvalue weighted by atomic mass is 9.90. The van der Waals surface area contributed by atoms with Crippen LogP contribution in [0, 0.1) is 11.8 Å². The van der Waals surface area contributed by atoms with Crippen LogP contribution in [0.15, 0.2) is 30.3 Å². The molecule has 0 N–H and O–H groups in total. The zero-order chi connectivity index (χ0) is 13.4. The number of carbonyl (C=O) groups is 1. The number of unbranched alkanes of at least 4 members (excludes halogenated alkanes) is 1. The van der Waals surface area contributed by atoms with Crippen LogP contribution in [-0.2, 0) is 16.0 Å². The fourth-order valence-corrected chi connectivity index (χ4v) is 2.21. The Bertz CT molecular complexity index is 343. The molecule has 0 aromatic heterocycles. The van der Waals surface area contributed by atoms with Crippen LogP contribution in [0.5, 0.6) is 0 Å². The third-order valence-corrected chi connectivity index (χ3v) is 3.38. The summed E-state index contributed by atoms with van der Waals surface area (Å²) in [7, 11) is 1.47. The standard InChI is InChI=1S/C16H24O2/c1-13(2)15(16(17)18-3)12-8-7-11-14-9-5-4-6-10-14/h4-6,9-10,13,15H,7-8,11-12H2,1-3H3. The second-order valence-corrected chi connectivity index (χ2v) is 5.11. The van der Waals surface area contributed by atoms with Gasteiger partial charge in [0.25, 0.3) is 0 Å². The summed E-state index contributed by atoms with van der Waals surface area (Å²) >= 11 is 0. The summed E-state index contributed by atoms with van der Waals surface area (Å²) in [5.74, 6) is 0.338. The zero-order valence-electron chi connectivity index (χ0n) is 11.7. The van der Waals surface area contributed by atoms with Gasteiger partial charge in [0.1, 0.15) is 0 Å². The number of carbonyl (C=O) groups excluding carboxylic acids is 1. The van der Waals surface area contributed by atoms with Crippen molar-refractivity contribution < 1.29 is 9.53 Å². The van der Waals surface area contributed by atoms with Crippen molar-refractivity contribution in [3.63, 3.8) is 0 Å². The second-order valence-electron chi connectivity index (χ2n) is 5.11. The maximum Gasteiger partial charge on any atom is 0.308 e. The van der Waals surface area contributed by atoms with E-state index < -0.39 is 0 Å². The molecule has 0 spiro atoms. The maximum atomic E-state index is 11.6. The van der Waals surface area contributed by atoms with Gasteiger partial charge < -0.3 is 4.74 Å². The summed E-state index contributed by atoms with van der Waals surface area (Å²) in [4.78, 5) is 11.6. The molecule has 0 radical (unpaired) electrons. The quantitative estimate of drug-likeness (QED) is 0.541. The minimum atomic E-state index is -0.0651. The van der Waals surface area contributed by atoms with Crippen LogP contribution in [0.25, 0.3) is 0 Å². The predicted molar refractivity (Wildman–Crippen MR) is 74.3 cm³/mol. The third-order valence-electron chi connectivity index (χ3n) is 3.38. The van der Waals surface area contributed by atoms with Crippen molar-refractivity contribution in [2.45, 2.75) is 39.5 Å². The van der Waals surface area contributed by atoms with E-state index in [2.05, 4.69) is 38.1 Å². The van der Waals surface area contributed by atoms with Gasteiger partial charge in [0.15, 0.2) is 0 Å². The summed E-state index contributed by atoms with van der Waals surface area (Å²) in [6.07, 6.45) is 4.22. The van der Waals surface area contributed by atoms with Gasteiger partial charge in [-0.15, -0.1) is 0 Å². The molecular weight excluding hydrogens is 224 g/mol. The molecule has 0 heterocycles. The van der Waals surface area contributed by atoms with Crippen molar-refractivity contribution in [3.8, 4) is 0 Å². The fraction of sp³-hybridized carbons (Fsp3) is 0.562. The van der Waals surface area contributed by atoms with Crippen molar-refractivity contribution in [1.29, 1.82) is 0 Å². The van der Waals surface area contributed by atoms with Crippen LogP contribution < -0.4 is 0 Å². The largest absolute Gasteiger partial charge is 0.469 e. The first-order chi connectivity index (χ1) is 8.65. The number of aryl methyl sites for hydroxylation is 1. The molecule has 0 fully saturated rings. The van der Waals surface area contributed by atoms with Crippen molar-refractivity contribution in [1.82, 2.24) is 0 Å². The zero-order valence-corrected chi connectivity index (χ0v) is 11.7. The lowest BCUT2D eigenvalue weighted by molar-refractivity contribution is -0.147. The number of benzene rings is 1. The van der Waals surface area contributed by atoms with Crippen LogP contribution in [0.2, 0.25) is 0 Å². The molecule has 1 atom stereocenters. The van der Waals surface area contributed by atoms with Crippen molar-refractivity contribution >= 4 is 5.97 Å². The highest BCUT2D eigenvalue weighted by molar-refractivity contribution is 5.72. The molecule has 0 aliphatic heterocycles. The number of methoxy groups -OCH3 is 1. The minimum Gasteiger partial charge on any atom is -0.469 e. The lowest BCUT2D eigenvalue weighted by Crippen LogP contribution is -2.21. The first-order valence-electron chi connectivity index (χ1n) is 6.77. The van der Waals surface area contributed by atoms with Crippen LogP contribution in [-0.4, -0.2) is 13.1 Å². The second kappa shape index (κ2) is 7.91. The first-order valence-corrected chi connectivity index (χ1v) is 6.77. The molecule has 1 rings (SSSR count). The Labute approximate surface area is 110 Å². The average molecular weight is 248 g/mol. The van der Waals surface area contributed by atoms with E-state index in [1.807, 2.05) is 6.07 Å². The Hall–Kier alpha value is -1.31. The lowest BCUT2D eigenvalue weighted by Gasteiger charge is -2.17. The van der Waals surface area contributed by atoms with Crippen LogP contribution in [0.3, 0.4) is 0 Å². The van der Waals surface area contributed by atoms with Gasteiger partial charge in [0.2, 0.25) is 0 Å². The van der Waals surface area contributed by atoms with E-state index in [1.165, 1.54) is 12.7 Å². The molecule has 0 saturated heterocycles. The van der Waals surface area contributed by atoms with E-state index in [4.69, 9.17) is 4.74 Å². The molecule has 18 heavy (non-hydrogen) atoms. The average Bonchev–Trinajstić information content (AvgIpc) is 2.38. The Balaban J connectivity index is 2.29. The maximum absolute atomic E-state index is 11.6. The van der Waals surface area contributed by atoms with E-state index >= 15 is 0 Å². The number of rotatable bonds is 7. The molecule has 0 amide bonds. The molecule has 1 aromatic rings. The molecule has 1 aromatic carbocycles. The molecule has 1 unspecified atom stereocenters. The van der Waals surface area contributed by atoms with Crippen molar-refractivity contribution in [3.05, 3.63) is 35.9 Å². The van der Waals surface area contributed by atoms with Gasteiger partial charge in [0.05, 0.1) is 13.0 Å². The Kier molecular flexibility index (Phi) is 6.48. The highest BCUT2D eigenvalue weighted by atomic mass is 16.5. The molecule has 0 saturated carbocycles. The van der Waals surface area contributed by atoms with E-state index in [1.54, 1.807) is 0 Å². The SMILES string of the molecule is COC(=O)C(CCCCc1ccccc1)C(C)C. The van der Waals surface area contributed by atoms with Crippen molar-refractivity contribution in [2.75, 3.05) is 7.11 Å². The van der Waals surface area contributed by atoms with E-state index in [9.17, 15) is 4.79 Å². The monoisotopic (exact) mass is 248 g/mol. The van der Waals surface area contributed by atoms with Gasteiger partial charge in [0, 0.05) is 0 Å². The first kappa shape index (κ1) is 14.7. The van der Waals surface area contributed by atoms with Crippen LogP contribution in [0.4, 0.5) is 0 Å². The summed E-state index contributed by atoms with van der Waals surface area (Å²) in [6.45, 7) is 4.16. The van der Waals surface area contributed by atoms with E-state index in [-0.39, 0.29) is 11.9 Å². The Morgan fingerprint density at radius 1 is 1.17 bits per heavy atom. The normalized spacial score (nSPS) is 12.4. The fourth-order valence-electron chi connectivity index (χ4n) is 2.21. The molecule has 0 aliphatic carbocycles. The smallest absolute Gasteiger partial charge is 0.308 e. The Morgan fingerprint density at radius 2 is 1.83 bits per heavy atom. The van der Waals surface area contributed by atoms with Gasteiger partial charge in [-0.2, -0.15) is 0 Å². The third kappa shape index (κ3) is 4.91. The highest BCUT2D eigenvalue weighted by Crippen LogP contribution is 2.20. The predicted octanol–water partition coefficient (Wildman–Crippen LogP) is 3.84. The topological polar surface area (TPSA) is 26.3 Å². The molecule has 0 aliphatic rings. The molecule has 2 heteroatoms. The van der Waals surface area contributed by atoms with Gasteiger partial charge in [-0.25, -0.2) is 0 Å². The van der Waals surface area contributed by atoms with E-state index in [0.717, 1.165) is 25.7 Å². The summed E-state index contributed by atoms with van der Waals surface area (Å²) < 4.78 is 4.85. The van der Waals surface area contributed by atoms with Crippen LogP contribution in [0.1, 0.15) is 38.7 Å². The number of ether oxygens (including phenoxy) is 1. The molecule has 0 bridgehead atoms. The van der Waals surface area contributed by atoms with E-state index in [0.29, 0.717) is 5.92 Å². The molecule has 100 valence electrons. The summed E-state index contributed by atoms with van der Waals surface area (Å²) in [5.41, 5.74) is 1.37. The van der Waals surface area contributed by atoms with Gasteiger partial charge in [-0.3, -0.25) is 4.79 Å². The summed E-state index contributed by atoms with van der Waals surface area (Å²) in [6, 6.07) is 10.5. The van der Waals surface area contributed by atoms with Gasteiger partial charge in [-0.05, 0) is 30.7 Å². The number of hydrogen-bond donors (Lipinski definition) is 0. The van der Waals surface area contributed by atoms with Gasteiger partial charge in [-0.1, -0.05) is 50.6 Å². The minimum absolute atomic E-state index is 0.0470.